The average Bonchev–Trinajstić information content (AvgIpc) is 2.85. The summed E-state index contributed by atoms with van der Waals surface area (Å²) in [4.78, 5) is 21.9. The molecule has 1 aromatic heterocycles. The van der Waals surface area contributed by atoms with E-state index in [-0.39, 0.29) is 11.2 Å². The topological polar surface area (TPSA) is 99.3 Å². The van der Waals surface area contributed by atoms with Crippen LogP contribution in [0.1, 0.15) is 26.3 Å². The summed E-state index contributed by atoms with van der Waals surface area (Å²) in [6, 6.07) is 6.92. The van der Waals surface area contributed by atoms with Crippen LogP contribution in [0.5, 0.6) is 5.75 Å². The third-order valence-electron chi connectivity index (χ3n) is 2.76. The molecule has 2 aromatic rings. The number of nitro groups is 1. The highest BCUT2D eigenvalue weighted by Gasteiger charge is 2.15. The van der Waals surface area contributed by atoms with Gasteiger partial charge in [-0.05, 0) is 38.5 Å². The van der Waals surface area contributed by atoms with Gasteiger partial charge in [0, 0.05) is 5.54 Å². The van der Waals surface area contributed by atoms with E-state index >= 15 is 0 Å². The largest absolute Gasteiger partial charge is 0.413 e. The van der Waals surface area contributed by atoms with Crippen molar-refractivity contribution in [3.8, 4) is 5.75 Å². The zero-order chi connectivity index (χ0) is 17.0. The molecule has 8 heteroatoms. The first-order valence-electron chi connectivity index (χ1n) is 6.99. The van der Waals surface area contributed by atoms with Crippen LogP contribution < -0.4 is 10.1 Å². The van der Waals surface area contributed by atoms with Gasteiger partial charge in [-0.1, -0.05) is 12.1 Å². The molecule has 0 fully saturated rings. The van der Waals surface area contributed by atoms with E-state index in [1.54, 1.807) is 18.2 Å². The first-order valence-corrected chi connectivity index (χ1v) is 6.99. The zero-order valence-electron chi connectivity index (χ0n) is 13.1. The van der Waals surface area contributed by atoms with E-state index in [2.05, 4.69) is 10.4 Å². The third kappa shape index (κ3) is 5.10. The number of nitrogens with zero attached hydrogens (tertiary/aromatic N) is 3. The second-order valence-electron chi connectivity index (χ2n) is 6.07. The Hall–Kier alpha value is -2.90. The molecule has 0 atom stereocenters. The SMILES string of the molecule is CC(C)(C)NC(=O)Oc1cccc(Cn2cc([N+](=O)[O-])cn2)c1. The van der Waals surface area contributed by atoms with Gasteiger partial charge in [0.25, 0.3) is 0 Å². The average molecular weight is 318 g/mol. The number of rotatable bonds is 4. The number of benzene rings is 1. The lowest BCUT2D eigenvalue weighted by Crippen LogP contribution is -2.42. The van der Waals surface area contributed by atoms with Crippen molar-refractivity contribution >= 4 is 11.8 Å². The highest BCUT2D eigenvalue weighted by Crippen LogP contribution is 2.16. The minimum absolute atomic E-state index is 0.0676. The third-order valence-corrected chi connectivity index (χ3v) is 2.76. The molecule has 0 aliphatic rings. The molecule has 1 aromatic carbocycles. The predicted octanol–water partition coefficient (Wildman–Crippen LogP) is 2.73. The number of amides is 1. The lowest BCUT2D eigenvalue weighted by atomic mass is 10.1. The summed E-state index contributed by atoms with van der Waals surface area (Å²) in [5.74, 6) is 0.394. The molecule has 2 rings (SSSR count). The van der Waals surface area contributed by atoms with Crippen LogP contribution >= 0.6 is 0 Å². The lowest BCUT2D eigenvalue weighted by Gasteiger charge is -2.19. The molecule has 8 nitrogen and oxygen atoms in total. The van der Waals surface area contributed by atoms with Gasteiger partial charge >= 0.3 is 11.8 Å². The Bertz CT molecular complexity index is 718. The Morgan fingerprint density at radius 3 is 2.78 bits per heavy atom. The van der Waals surface area contributed by atoms with Crippen molar-refractivity contribution in [2.24, 2.45) is 0 Å². The van der Waals surface area contributed by atoms with E-state index in [0.29, 0.717) is 12.3 Å². The zero-order valence-corrected chi connectivity index (χ0v) is 13.1. The molecule has 0 saturated carbocycles. The molecule has 1 heterocycles. The fraction of sp³-hybridized carbons (Fsp3) is 0.333. The van der Waals surface area contributed by atoms with Crippen LogP contribution in [0.15, 0.2) is 36.7 Å². The van der Waals surface area contributed by atoms with Gasteiger partial charge in [-0.3, -0.25) is 14.8 Å². The molecule has 23 heavy (non-hydrogen) atoms. The molecule has 0 bridgehead atoms. The van der Waals surface area contributed by atoms with Crippen LogP contribution in [0.4, 0.5) is 10.5 Å². The molecule has 1 N–H and O–H groups in total. The number of carbonyl (C=O) groups is 1. The van der Waals surface area contributed by atoms with E-state index < -0.39 is 11.0 Å². The minimum Gasteiger partial charge on any atom is -0.410 e. The molecule has 0 radical (unpaired) electrons. The standard InChI is InChI=1S/C15H18N4O4/c1-15(2,3)17-14(20)23-13-6-4-5-11(7-13)9-18-10-12(8-16-18)19(21)22/h4-8,10H,9H2,1-3H3,(H,17,20). The monoisotopic (exact) mass is 318 g/mol. The van der Waals surface area contributed by atoms with Gasteiger partial charge in [-0.25, -0.2) is 4.79 Å². The Morgan fingerprint density at radius 1 is 1.43 bits per heavy atom. The maximum Gasteiger partial charge on any atom is 0.413 e. The van der Waals surface area contributed by atoms with Crippen LogP contribution in [-0.2, 0) is 6.54 Å². The summed E-state index contributed by atoms with van der Waals surface area (Å²) in [5.41, 5.74) is 0.355. The number of carbonyl (C=O) groups excluding carboxylic acids is 1. The Labute approximate surface area is 133 Å². The van der Waals surface area contributed by atoms with Crippen molar-refractivity contribution in [1.29, 1.82) is 0 Å². The number of hydrogen-bond acceptors (Lipinski definition) is 5. The molecule has 122 valence electrons. The first kappa shape index (κ1) is 16.5. The van der Waals surface area contributed by atoms with Crippen LogP contribution in [0.2, 0.25) is 0 Å². The van der Waals surface area contributed by atoms with Crippen LogP contribution in [0, 0.1) is 10.1 Å². The quantitative estimate of drug-likeness (QED) is 0.690. The van der Waals surface area contributed by atoms with Crippen molar-refractivity contribution in [2.45, 2.75) is 32.9 Å². The maximum atomic E-state index is 11.8. The van der Waals surface area contributed by atoms with E-state index in [0.717, 1.165) is 5.56 Å². The van der Waals surface area contributed by atoms with Crippen LogP contribution in [0.3, 0.4) is 0 Å². The molecule has 1 amide bonds. The van der Waals surface area contributed by atoms with Crippen LogP contribution in [-0.4, -0.2) is 26.3 Å². The van der Waals surface area contributed by atoms with Crippen molar-refractivity contribution < 1.29 is 14.5 Å². The van der Waals surface area contributed by atoms with E-state index in [9.17, 15) is 14.9 Å². The van der Waals surface area contributed by atoms with Crippen LogP contribution in [0.25, 0.3) is 0 Å². The summed E-state index contributed by atoms with van der Waals surface area (Å²) >= 11 is 0. The molecular weight excluding hydrogens is 300 g/mol. The van der Waals surface area contributed by atoms with Crippen molar-refractivity contribution in [2.75, 3.05) is 0 Å². The minimum atomic E-state index is -0.538. The lowest BCUT2D eigenvalue weighted by molar-refractivity contribution is -0.385. The molecule has 0 saturated heterocycles. The number of ether oxygens (including phenoxy) is 1. The highest BCUT2D eigenvalue weighted by atomic mass is 16.6. The number of aromatic nitrogens is 2. The first-order chi connectivity index (χ1) is 10.7. The van der Waals surface area contributed by atoms with Gasteiger partial charge < -0.3 is 10.1 Å². The molecule has 0 aliphatic carbocycles. The van der Waals surface area contributed by atoms with Gasteiger partial charge in [0.2, 0.25) is 0 Å². The van der Waals surface area contributed by atoms with Crippen molar-refractivity contribution in [3.05, 3.63) is 52.3 Å². The van der Waals surface area contributed by atoms with Crippen molar-refractivity contribution in [3.63, 3.8) is 0 Å². The van der Waals surface area contributed by atoms with E-state index in [1.165, 1.54) is 17.1 Å². The van der Waals surface area contributed by atoms with E-state index in [1.807, 2.05) is 26.8 Å². The molecule has 0 unspecified atom stereocenters. The summed E-state index contributed by atoms with van der Waals surface area (Å²) in [7, 11) is 0. The highest BCUT2D eigenvalue weighted by molar-refractivity contribution is 5.71. The summed E-state index contributed by atoms with van der Waals surface area (Å²) in [5, 5.41) is 17.3. The number of hydrogen-bond donors (Lipinski definition) is 1. The second-order valence-corrected chi connectivity index (χ2v) is 6.07. The maximum absolute atomic E-state index is 11.8. The predicted molar refractivity (Wildman–Crippen MR) is 83.3 cm³/mol. The molecular formula is C15H18N4O4. The van der Waals surface area contributed by atoms with Gasteiger partial charge in [-0.15, -0.1) is 0 Å². The number of nitrogens with one attached hydrogen (secondary N) is 1. The van der Waals surface area contributed by atoms with Gasteiger partial charge in [-0.2, -0.15) is 5.10 Å². The van der Waals surface area contributed by atoms with Gasteiger partial charge in [0.15, 0.2) is 0 Å². The Kier molecular flexibility index (Phi) is 4.63. The van der Waals surface area contributed by atoms with E-state index in [4.69, 9.17) is 4.74 Å². The van der Waals surface area contributed by atoms with Gasteiger partial charge in [0.05, 0.1) is 11.5 Å². The Balaban J connectivity index is 2.04. The summed E-state index contributed by atoms with van der Waals surface area (Å²) in [6.07, 6.45) is 2.00. The van der Waals surface area contributed by atoms with Crippen molar-refractivity contribution in [1.82, 2.24) is 15.1 Å². The smallest absolute Gasteiger partial charge is 0.410 e. The fourth-order valence-corrected chi connectivity index (χ4v) is 1.87. The normalized spacial score (nSPS) is 11.1. The molecule has 0 spiro atoms. The summed E-state index contributed by atoms with van der Waals surface area (Å²) < 4.78 is 6.68. The second kappa shape index (κ2) is 6.47. The Morgan fingerprint density at radius 2 is 2.17 bits per heavy atom. The molecule has 0 aliphatic heterocycles. The van der Waals surface area contributed by atoms with Gasteiger partial charge in [0.1, 0.15) is 18.1 Å². The summed E-state index contributed by atoms with van der Waals surface area (Å²) in [6.45, 7) is 5.91. The fourth-order valence-electron chi connectivity index (χ4n) is 1.87.